The monoisotopic (exact) mass is 421 g/mol. The van der Waals surface area contributed by atoms with Crippen LogP contribution in [-0.4, -0.2) is 26.8 Å². The van der Waals surface area contributed by atoms with Crippen molar-refractivity contribution in [1.29, 1.82) is 0 Å². The number of amides is 1. The molecule has 0 radical (unpaired) electrons. The Balaban J connectivity index is 1.87. The summed E-state index contributed by atoms with van der Waals surface area (Å²) in [5.74, 6) is 0.558. The Hall–Kier alpha value is -1.34. The molecule has 0 spiro atoms. The molecule has 3 rings (SSSR count). The number of thioether (sulfide) groups is 1. The van der Waals surface area contributed by atoms with Gasteiger partial charge in [-0.25, -0.2) is 4.98 Å². The molecule has 1 aliphatic rings. The van der Waals surface area contributed by atoms with Crippen LogP contribution in [0.15, 0.2) is 9.95 Å². The summed E-state index contributed by atoms with van der Waals surface area (Å²) in [6.45, 7) is 12.1. The van der Waals surface area contributed by atoms with Crippen molar-refractivity contribution in [1.82, 2.24) is 14.9 Å². The summed E-state index contributed by atoms with van der Waals surface area (Å²) in [6.07, 6.45) is 4.66. The van der Waals surface area contributed by atoms with E-state index >= 15 is 0 Å². The molecule has 2 aromatic heterocycles. The first-order valence-electron chi connectivity index (χ1n) is 10.2. The summed E-state index contributed by atoms with van der Waals surface area (Å²) in [5.41, 5.74) is 1.01. The number of fused-ring (bicyclic) bond motifs is 1. The zero-order valence-corrected chi connectivity index (χ0v) is 19.3. The van der Waals surface area contributed by atoms with Gasteiger partial charge in [0, 0.05) is 17.0 Å². The highest BCUT2D eigenvalue weighted by Gasteiger charge is 2.27. The largest absolute Gasteiger partial charge is 0.352 e. The average molecular weight is 422 g/mol. The van der Waals surface area contributed by atoms with Crippen LogP contribution < -0.4 is 10.9 Å². The molecule has 1 N–H and O–H groups in total. The van der Waals surface area contributed by atoms with Crippen molar-refractivity contribution in [2.45, 2.75) is 89.7 Å². The van der Waals surface area contributed by atoms with Crippen molar-refractivity contribution in [2.75, 3.05) is 0 Å². The maximum atomic E-state index is 13.2. The number of carbonyl (C=O) groups excluding carboxylic acids is 1. The van der Waals surface area contributed by atoms with Crippen molar-refractivity contribution in [3.05, 3.63) is 20.8 Å². The zero-order valence-electron chi connectivity index (χ0n) is 17.7. The van der Waals surface area contributed by atoms with Crippen molar-refractivity contribution in [3.8, 4) is 0 Å². The predicted octanol–water partition coefficient (Wildman–Crippen LogP) is 4.83. The van der Waals surface area contributed by atoms with Crippen molar-refractivity contribution < 1.29 is 4.79 Å². The van der Waals surface area contributed by atoms with Crippen LogP contribution in [-0.2, 0) is 4.79 Å². The molecule has 154 valence electrons. The highest BCUT2D eigenvalue weighted by Crippen LogP contribution is 2.31. The van der Waals surface area contributed by atoms with Crippen LogP contribution in [0.1, 0.15) is 69.9 Å². The normalized spacial score (nSPS) is 21.2. The second-order valence-corrected chi connectivity index (χ2v) is 10.8. The summed E-state index contributed by atoms with van der Waals surface area (Å²) in [6, 6.07) is 0.245. The third kappa shape index (κ3) is 4.15. The van der Waals surface area contributed by atoms with E-state index in [1.54, 1.807) is 15.9 Å². The number of hydrogen-bond donors (Lipinski definition) is 1. The molecule has 1 amide bonds. The number of aryl methyl sites for hydroxylation is 2. The Morgan fingerprint density at radius 1 is 1.25 bits per heavy atom. The van der Waals surface area contributed by atoms with E-state index in [0.717, 1.165) is 21.7 Å². The number of rotatable bonds is 5. The minimum absolute atomic E-state index is 0.00198. The van der Waals surface area contributed by atoms with Gasteiger partial charge in [0.05, 0.1) is 10.6 Å². The van der Waals surface area contributed by atoms with Gasteiger partial charge in [0.1, 0.15) is 4.83 Å². The maximum Gasteiger partial charge on any atom is 0.263 e. The van der Waals surface area contributed by atoms with Gasteiger partial charge < -0.3 is 5.32 Å². The molecule has 2 aromatic rings. The van der Waals surface area contributed by atoms with Gasteiger partial charge in [-0.1, -0.05) is 31.5 Å². The fraction of sp³-hybridized carbons (Fsp3) is 0.667. The molecule has 0 aromatic carbocycles. The summed E-state index contributed by atoms with van der Waals surface area (Å²) < 4.78 is 1.74. The average Bonchev–Trinajstić information content (AvgIpc) is 2.90. The van der Waals surface area contributed by atoms with Crippen LogP contribution in [0.3, 0.4) is 0 Å². The quantitative estimate of drug-likeness (QED) is 0.555. The van der Waals surface area contributed by atoms with Gasteiger partial charge in [0.15, 0.2) is 5.16 Å². The Morgan fingerprint density at radius 2 is 1.93 bits per heavy atom. The van der Waals surface area contributed by atoms with E-state index in [1.165, 1.54) is 31.0 Å². The number of hydrogen-bond acceptors (Lipinski definition) is 5. The first-order chi connectivity index (χ1) is 13.2. The van der Waals surface area contributed by atoms with Gasteiger partial charge in [0.2, 0.25) is 5.91 Å². The Morgan fingerprint density at radius 3 is 2.57 bits per heavy atom. The topological polar surface area (TPSA) is 64.0 Å². The van der Waals surface area contributed by atoms with Crippen LogP contribution in [0, 0.1) is 19.8 Å². The molecule has 1 aliphatic carbocycles. The molecule has 0 aliphatic heterocycles. The molecular weight excluding hydrogens is 390 g/mol. The van der Waals surface area contributed by atoms with Crippen LogP contribution in [0.2, 0.25) is 0 Å². The van der Waals surface area contributed by atoms with Crippen LogP contribution in [0.25, 0.3) is 10.2 Å². The van der Waals surface area contributed by atoms with E-state index in [1.807, 2.05) is 34.6 Å². The number of nitrogens with zero attached hydrogens (tertiary/aromatic N) is 2. The SMILES string of the molecule is Cc1sc2nc(S[C@@H](C)C(=O)N[C@H]3CCCC[C@@H]3C)n(C(C)C)c(=O)c2c1C. The van der Waals surface area contributed by atoms with Gasteiger partial charge in [-0.2, -0.15) is 0 Å². The standard InChI is InChI=1S/C21H31N3O2S2/c1-11(2)24-20(26)17-13(4)14(5)27-19(17)23-21(24)28-15(6)18(25)22-16-10-8-7-9-12(16)3/h11-12,15-16H,7-10H2,1-6H3,(H,22,25)/t12-,15-,16-/m0/s1. The van der Waals surface area contributed by atoms with Gasteiger partial charge in [-0.05, 0) is 58.9 Å². The Labute approximate surface area is 175 Å². The third-order valence-corrected chi connectivity index (χ3v) is 7.98. The molecule has 0 unspecified atom stereocenters. The molecule has 28 heavy (non-hydrogen) atoms. The summed E-state index contributed by atoms with van der Waals surface area (Å²) in [4.78, 5) is 32.6. The van der Waals surface area contributed by atoms with Crippen LogP contribution in [0.4, 0.5) is 0 Å². The summed E-state index contributed by atoms with van der Waals surface area (Å²) in [5, 5.41) is 4.28. The molecule has 5 nitrogen and oxygen atoms in total. The van der Waals surface area contributed by atoms with E-state index in [0.29, 0.717) is 16.5 Å². The first-order valence-corrected chi connectivity index (χ1v) is 11.9. The lowest BCUT2D eigenvalue weighted by molar-refractivity contribution is -0.121. The predicted molar refractivity (Wildman–Crippen MR) is 119 cm³/mol. The van der Waals surface area contributed by atoms with E-state index in [9.17, 15) is 9.59 Å². The smallest absolute Gasteiger partial charge is 0.263 e. The highest BCUT2D eigenvalue weighted by molar-refractivity contribution is 8.00. The van der Waals surface area contributed by atoms with E-state index < -0.39 is 0 Å². The number of thiophene rings is 1. The van der Waals surface area contributed by atoms with Gasteiger partial charge >= 0.3 is 0 Å². The molecular formula is C21H31N3O2S2. The highest BCUT2D eigenvalue weighted by atomic mass is 32.2. The number of aromatic nitrogens is 2. The molecule has 2 heterocycles. The van der Waals surface area contributed by atoms with E-state index in [4.69, 9.17) is 4.98 Å². The van der Waals surface area contributed by atoms with Crippen LogP contribution >= 0.6 is 23.1 Å². The Bertz CT molecular complexity index is 932. The third-order valence-electron chi connectivity index (χ3n) is 5.81. The lowest BCUT2D eigenvalue weighted by Gasteiger charge is -2.30. The van der Waals surface area contributed by atoms with Gasteiger partial charge in [-0.3, -0.25) is 14.2 Å². The van der Waals surface area contributed by atoms with Gasteiger partial charge in [-0.15, -0.1) is 11.3 Å². The molecule has 1 fully saturated rings. The second kappa shape index (κ2) is 8.57. The van der Waals surface area contributed by atoms with Crippen molar-refractivity contribution >= 4 is 39.2 Å². The fourth-order valence-corrected chi connectivity index (χ4v) is 5.99. The first kappa shape index (κ1) is 21.4. The van der Waals surface area contributed by atoms with E-state index in [2.05, 4.69) is 12.2 Å². The molecule has 7 heteroatoms. The lowest BCUT2D eigenvalue weighted by Crippen LogP contribution is -2.44. The maximum absolute atomic E-state index is 13.2. The Kier molecular flexibility index (Phi) is 6.54. The molecule has 1 saturated carbocycles. The minimum Gasteiger partial charge on any atom is -0.352 e. The molecule has 0 saturated heterocycles. The second-order valence-electron chi connectivity index (χ2n) is 8.26. The van der Waals surface area contributed by atoms with Gasteiger partial charge in [0.25, 0.3) is 5.56 Å². The summed E-state index contributed by atoms with van der Waals surface area (Å²) in [7, 11) is 0. The van der Waals surface area contributed by atoms with Crippen molar-refractivity contribution in [3.63, 3.8) is 0 Å². The molecule has 0 bridgehead atoms. The fourth-order valence-electron chi connectivity index (χ4n) is 3.87. The number of nitrogens with one attached hydrogen (secondary N) is 1. The summed E-state index contributed by atoms with van der Waals surface area (Å²) >= 11 is 2.94. The minimum atomic E-state index is -0.300. The zero-order chi connectivity index (χ0) is 20.6. The molecule has 3 atom stereocenters. The lowest BCUT2D eigenvalue weighted by atomic mass is 9.86. The van der Waals surface area contributed by atoms with Crippen LogP contribution in [0.5, 0.6) is 0 Å². The van der Waals surface area contributed by atoms with E-state index in [-0.39, 0.29) is 28.8 Å². The van der Waals surface area contributed by atoms with Crippen molar-refractivity contribution in [2.24, 2.45) is 5.92 Å². The number of carbonyl (C=O) groups is 1.